The van der Waals surface area contributed by atoms with Crippen molar-refractivity contribution in [2.75, 3.05) is 13.3 Å². The van der Waals surface area contributed by atoms with Crippen LogP contribution in [0.3, 0.4) is 0 Å². The molecule has 1 aliphatic rings. The molecular weight excluding hydrogens is 289 g/mol. The summed E-state index contributed by atoms with van der Waals surface area (Å²) in [5, 5.41) is 9.77. The van der Waals surface area contributed by atoms with Gasteiger partial charge in [0.2, 0.25) is 5.91 Å². The Morgan fingerprint density at radius 2 is 2.14 bits per heavy atom. The number of hydrogen-bond acceptors (Lipinski definition) is 4. The molecule has 0 unspecified atom stereocenters. The minimum absolute atomic E-state index is 0.126. The van der Waals surface area contributed by atoms with Crippen LogP contribution in [0.4, 0.5) is 9.18 Å². The molecule has 0 aromatic heterocycles. The molecule has 1 saturated heterocycles. The van der Waals surface area contributed by atoms with Gasteiger partial charge in [0.25, 0.3) is 0 Å². The van der Waals surface area contributed by atoms with Crippen LogP contribution >= 0.6 is 0 Å². The summed E-state index contributed by atoms with van der Waals surface area (Å²) in [7, 11) is 0. The number of nitrogens with zero attached hydrogens (tertiary/aromatic N) is 1. The van der Waals surface area contributed by atoms with E-state index in [-0.39, 0.29) is 13.0 Å². The van der Waals surface area contributed by atoms with E-state index in [4.69, 9.17) is 4.74 Å². The molecule has 0 aliphatic carbocycles. The highest BCUT2D eigenvalue weighted by molar-refractivity contribution is 5.94. The third kappa shape index (κ3) is 3.62. The van der Waals surface area contributed by atoms with Crippen LogP contribution in [0.1, 0.15) is 18.9 Å². The lowest BCUT2D eigenvalue weighted by molar-refractivity contribution is -0.136. The van der Waals surface area contributed by atoms with Crippen LogP contribution in [-0.2, 0) is 16.0 Å². The normalized spacial score (nSPS) is 20.6. The molecule has 2 rings (SSSR count). The molecule has 120 valence electrons. The first-order valence-corrected chi connectivity index (χ1v) is 7.32. The van der Waals surface area contributed by atoms with Crippen LogP contribution in [0.5, 0.6) is 0 Å². The lowest BCUT2D eigenvalue weighted by atomic mass is 9.99. The standard InChI is InChI=1S/C16H20FNO4/c1-11(14(19)7-8-17)15(20)18-13(10-22-16(18)21)9-12-5-3-2-4-6-12/h2-6,11,13-14,19H,7-10H2,1H3/t11-,13-,14+/m0/s1. The third-order valence-corrected chi connectivity index (χ3v) is 3.88. The zero-order valence-electron chi connectivity index (χ0n) is 12.4. The van der Waals surface area contributed by atoms with Crippen LogP contribution in [-0.4, -0.2) is 47.4 Å². The Kier molecular flexibility index (Phi) is 5.49. The lowest BCUT2D eigenvalue weighted by Crippen LogP contribution is -2.45. The molecule has 1 aliphatic heterocycles. The van der Waals surface area contributed by atoms with Crippen molar-refractivity contribution in [1.82, 2.24) is 4.90 Å². The van der Waals surface area contributed by atoms with E-state index < -0.39 is 36.7 Å². The number of carbonyl (C=O) groups is 2. The molecule has 1 aromatic carbocycles. The number of ether oxygens (including phenoxy) is 1. The Morgan fingerprint density at radius 1 is 1.45 bits per heavy atom. The van der Waals surface area contributed by atoms with Gasteiger partial charge in [-0.05, 0) is 12.0 Å². The predicted molar refractivity (Wildman–Crippen MR) is 77.9 cm³/mol. The van der Waals surface area contributed by atoms with Gasteiger partial charge in [-0.15, -0.1) is 0 Å². The monoisotopic (exact) mass is 309 g/mol. The second-order valence-corrected chi connectivity index (χ2v) is 5.46. The predicted octanol–water partition coefficient (Wildman–Crippen LogP) is 1.93. The highest BCUT2D eigenvalue weighted by Crippen LogP contribution is 2.21. The minimum atomic E-state index is -1.11. The van der Waals surface area contributed by atoms with E-state index in [1.807, 2.05) is 30.3 Å². The van der Waals surface area contributed by atoms with Gasteiger partial charge < -0.3 is 9.84 Å². The number of cyclic esters (lactones) is 1. The first-order valence-electron chi connectivity index (χ1n) is 7.32. The Hall–Kier alpha value is -1.95. The SMILES string of the molecule is C[C@H](C(=O)N1C(=O)OC[C@@H]1Cc1ccccc1)[C@H](O)CCF. The molecular formula is C16H20FNO4. The Bertz CT molecular complexity index is 522. The molecule has 0 saturated carbocycles. The fourth-order valence-corrected chi connectivity index (χ4v) is 2.51. The van der Waals surface area contributed by atoms with Crippen LogP contribution in [0, 0.1) is 5.92 Å². The first-order chi connectivity index (χ1) is 10.5. The van der Waals surface area contributed by atoms with Gasteiger partial charge in [0.05, 0.1) is 24.7 Å². The van der Waals surface area contributed by atoms with Crippen molar-refractivity contribution >= 4 is 12.0 Å². The fourth-order valence-electron chi connectivity index (χ4n) is 2.51. The second kappa shape index (κ2) is 7.35. The quantitative estimate of drug-likeness (QED) is 0.872. The van der Waals surface area contributed by atoms with Gasteiger partial charge in [-0.2, -0.15) is 0 Å². The molecule has 5 nitrogen and oxygen atoms in total. The van der Waals surface area contributed by atoms with E-state index in [0.29, 0.717) is 6.42 Å². The minimum Gasteiger partial charge on any atom is -0.447 e. The Labute approximate surface area is 128 Å². The molecule has 1 N–H and O–H groups in total. The molecule has 1 aromatic rings. The number of carbonyl (C=O) groups excluding carboxylic acids is 2. The molecule has 0 radical (unpaired) electrons. The first kappa shape index (κ1) is 16.4. The van der Waals surface area contributed by atoms with Gasteiger partial charge in [-0.1, -0.05) is 37.3 Å². The Balaban J connectivity index is 2.09. The number of aliphatic hydroxyl groups is 1. The van der Waals surface area contributed by atoms with Gasteiger partial charge >= 0.3 is 6.09 Å². The average Bonchev–Trinajstić information content (AvgIpc) is 2.87. The molecule has 22 heavy (non-hydrogen) atoms. The highest BCUT2D eigenvalue weighted by Gasteiger charge is 2.41. The van der Waals surface area contributed by atoms with Crippen molar-refractivity contribution in [3.8, 4) is 0 Å². The van der Waals surface area contributed by atoms with Crippen molar-refractivity contribution in [3.05, 3.63) is 35.9 Å². The number of amides is 2. The molecule has 0 spiro atoms. The number of hydrogen-bond donors (Lipinski definition) is 1. The maximum Gasteiger partial charge on any atom is 0.416 e. The summed E-state index contributed by atoms with van der Waals surface area (Å²) in [6, 6.07) is 9.07. The van der Waals surface area contributed by atoms with Gasteiger partial charge in [-0.3, -0.25) is 9.18 Å². The summed E-state index contributed by atoms with van der Waals surface area (Å²) in [5.74, 6) is -1.37. The number of alkyl halides is 1. The number of rotatable bonds is 6. The van der Waals surface area contributed by atoms with Gasteiger partial charge in [0.1, 0.15) is 6.61 Å². The van der Waals surface area contributed by atoms with Gasteiger partial charge in [-0.25, -0.2) is 9.69 Å². The number of imide groups is 1. The van der Waals surface area contributed by atoms with Crippen molar-refractivity contribution in [2.45, 2.75) is 31.9 Å². The summed E-state index contributed by atoms with van der Waals surface area (Å²) in [5.41, 5.74) is 0.987. The van der Waals surface area contributed by atoms with E-state index in [1.165, 1.54) is 6.92 Å². The zero-order valence-corrected chi connectivity index (χ0v) is 12.4. The van der Waals surface area contributed by atoms with Crippen molar-refractivity contribution < 1.29 is 23.8 Å². The van der Waals surface area contributed by atoms with Gasteiger partial charge in [0, 0.05) is 6.42 Å². The third-order valence-electron chi connectivity index (χ3n) is 3.88. The van der Waals surface area contributed by atoms with Crippen molar-refractivity contribution in [2.24, 2.45) is 5.92 Å². The van der Waals surface area contributed by atoms with E-state index >= 15 is 0 Å². The maximum atomic E-state index is 12.4. The van der Waals surface area contributed by atoms with E-state index in [2.05, 4.69) is 0 Å². The number of benzene rings is 1. The van der Waals surface area contributed by atoms with Crippen LogP contribution < -0.4 is 0 Å². The molecule has 6 heteroatoms. The van der Waals surface area contributed by atoms with Crippen molar-refractivity contribution in [1.29, 1.82) is 0 Å². The largest absolute Gasteiger partial charge is 0.447 e. The summed E-state index contributed by atoms with van der Waals surface area (Å²) in [4.78, 5) is 25.3. The van der Waals surface area contributed by atoms with E-state index in [9.17, 15) is 19.1 Å². The van der Waals surface area contributed by atoms with Crippen LogP contribution in [0.2, 0.25) is 0 Å². The average molecular weight is 309 g/mol. The molecule has 0 bridgehead atoms. The van der Waals surface area contributed by atoms with Gasteiger partial charge in [0.15, 0.2) is 0 Å². The number of aliphatic hydroxyl groups excluding tert-OH is 1. The van der Waals surface area contributed by atoms with Crippen molar-refractivity contribution in [3.63, 3.8) is 0 Å². The van der Waals surface area contributed by atoms with Crippen LogP contribution in [0.15, 0.2) is 30.3 Å². The molecule has 1 fully saturated rings. The summed E-state index contributed by atoms with van der Waals surface area (Å²) in [6.07, 6.45) is -1.45. The highest BCUT2D eigenvalue weighted by atomic mass is 19.1. The summed E-state index contributed by atoms with van der Waals surface area (Å²) in [6.45, 7) is 0.913. The smallest absolute Gasteiger partial charge is 0.416 e. The zero-order chi connectivity index (χ0) is 16.1. The van der Waals surface area contributed by atoms with E-state index in [1.54, 1.807) is 0 Å². The maximum absolute atomic E-state index is 12.4. The summed E-state index contributed by atoms with van der Waals surface area (Å²) < 4.78 is 17.3. The Morgan fingerprint density at radius 3 is 2.77 bits per heavy atom. The molecule has 2 amide bonds. The molecule has 3 atom stereocenters. The second-order valence-electron chi connectivity index (χ2n) is 5.46. The number of halogens is 1. The van der Waals surface area contributed by atoms with Crippen LogP contribution in [0.25, 0.3) is 0 Å². The molecule has 1 heterocycles. The van der Waals surface area contributed by atoms with E-state index in [0.717, 1.165) is 10.5 Å². The fraction of sp³-hybridized carbons (Fsp3) is 0.500. The summed E-state index contributed by atoms with van der Waals surface area (Å²) >= 11 is 0. The lowest BCUT2D eigenvalue weighted by Gasteiger charge is -2.25. The topological polar surface area (TPSA) is 66.8 Å².